The zero-order valence-corrected chi connectivity index (χ0v) is 14.8. The van der Waals surface area contributed by atoms with Crippen LogP contribution >= 0.6 is 15.9 Å². The maximum Gasteiger partial charge on any atom is 0.00313 e. The van der Waals surface area contributed by atoms with Crippen LogP contribution in [0, 0.1) is 5.41 Å². The number of halogens is 1. The smallest absolute Gasteiger partial charge is 0.00313 e. The Labute approximate surface area is 129 Å². The number of hydrogen-bond donors (Lipinski definition) is 0. The molecule has 0 aromatic carbocycles. The van der Waals surface area contributed by atoms with E-state index in [9.17, 15) is 0 Å². The standard InChI is InChI=1S/C17H34BrN/c1-17(2)11-10-15-19(16-12-17)14-9-7-5-3-4-6-8-13-18/h3-16H2,1-2H3. The molecule has 0 saturated carbocycles. The highest BCUT2D eigenvalue weighted by molar-refractivity contribution is 9.09. The quantitative estimate of drug-likeness (QED) is 0.391. The molecule has 1 aliphatic rings. The normalized spacial score (nSPS) is 20.4. The van der Waals surface area contributed by atoms with Crippen molar-refractivity contribution in [3.05, 3.63) is 0 Å². The molecule has 0 amide bonds. The zero-order valence-electron chi connectivity index (χ0n) is 13.2. The monoisotopic (exact) mass is 331 g/mol. The van der Waals surface area contributed by atoms with Crippen LogP contribution in [0.3, 0.4) is 0 Å². The van der Waals surface area contributed by atoms with E-state index in [1.54, 1.807) is 0 Å². The van der Waals surface area contributed by atoms with Crippen molar-refractivity contribution in [2.24, 2.45) is 5.41 Å². The number of likely N-dealkylation sites (tertiary alicyclic amines) is 1. The van der Waals surface area contributed by atoms with Crippen molar-refractivity contribution >= 4 is 15.9 Å². The molecule has 19 heavy (non-hydrogen) atoms. The first-order chi connectivity index (χ1) is 9.14. The summed E-state index contributed by atoms with van der Waals surface area (Å²) in [5.41, 5.74) is 0.587. The average molecular weight is 332 g/mol. The van der Waals surface area contributed by atoms with E-state index < -0.39 is 0 Å². The van der Waals surface area contributed by atoms with Gasteiger partial charge >= 0.3 is 0 Å². The minimum Gasteiger partial charge on any atom is -0.303 e. The van der Waals surface area contributed by atoms with Crippen LogP contribution in [-0.4, -0.2) is 29.9 Å². The van der Waals surface area contributed by atoms with Gasteiger partial charge in [0, 0.05) is 5.33 Å². The fourth-order valence-electron chi connectivity index (χ4n) is 3.02. The van der Waals surface area contributed by atoms with Gasteiger partial charge in [-0.2, -0.15) is 0 Å². The van der Waals surface area contributed by atoms with Crippen molar-refractivity contribution in [2.45, 2.75) is 78.1 Å². The minimum atomic E-state index is 0.587. The fraction of sp³-hybridized carbons (Fsp3) is 1.00. The third-order valence-corrected chi connectivity index (χ3v) is 5.10. The predicted octanol–water partition coefficient (Wildman–Crippen LogP) is 5.62. The van der Waals surface area contributed by atoms with Crippen molar-refractivity contribution in [3.8, 4) is 0 Å². The van der Waals surface area contributed by atoms with Crippen LogP contribution in [0.25, 0.3) is 0 Å². The molecule has 1 aliphatic heterocycles. The Kier molecular flexibility index (Phi) is 9.40. The van der Waals surface area contributed by atoms with Gasteiger partial charge < -0.3 is 4.90 Å². The van der Waals surface area contributed by atoms with Crippen molar-refractivity contribution in [1.82, 2.24) is 4.90 Å². The van der Waals surface area contributed by atoms with Gasteiger partial charge in [-0.05, 0) is 57.2 Å². The largest absolute Gasteiger partial charge is 0.303 e. The molecule has 0 aromatic rings. The molecule has 114 valence electrons. The van der Waals surface area contributed by atoms with Crippen LogP contribution in [0.5, 0.6) is 0 Å². The Balaban J connectivity index is 1.94. The third kappa shape index (κ3) is 9.07. The highest BCUT2D eigenvalue weighted by atomic mass is 79.9. The van der Waals surface area contributed by atoms with E-state index in [0.29, 0.717) is 5.41 Å². The molecule has 0 radical (unpaired) electrons. The molecule has 1 rings (SSSR count). The Bertz CT molecular complexity index is 215. The van der Waals surface area contributed by atoms with Crippen molar-refractivity contribution < 1.29 is 0 Å². The number of unbranched alkanes of at least 4 members (excludes halogenated alkanes) is 6. The zero-order chi connectivity index (χ0) is 14.0. The fourth-order valence-corrected chi connectivity index (χ4v) is 3.41. The van der Waals surface area contributed by atoms with E-state index in [0.717, 1.165) is 0 Å². The lowest BCUT2D eigenvalue weighted by molar-refractivity contribution is 0.257. The molecular weight excluding hydrogens is 298 g/mol. The van der Waals surface area contributed by atoms with Gasteiger partial charge in [-0.1, -0.05) is 61.9 Å². The van der Waals surface area contributed by atoms with Gasteiger partial charge in [-0.3, -0.25) is 0 Å². The van der Waals surface area contributed by atoms with E-state index in [2.05, 4.69) is 34.7 Å². The summed E-state index contributed by atoms with van der Waals surface area (Å²) in [4.78, 5) is 2.71. The lowest BCUT2D eigenvalue weighted by Gasteiger charge is -2.23. The SMILES string of the molecule is CC1(C)CCCN(CCCCCCCCCBr)CC1. The first kappa shape index (κ1) is 17.5. The van der Waals surface area contributed by atoms with E-state index in [4.69, 9.17) is 0 Å². The molecule has 0 aromatic heterocycles. The van der Waals surface area contributed by atoms with Crippen molar-refractivity contribution in [2.75, 3.05) is 25.0 Å². The van der Waals surface area contributed by atoms with Crippen LogP contribution in [-0.2, 0) is 0 Å². The van der Waals surface area contributed by atoms with Gasteiger partial charge in [0.1, 0.15) is 0 Å². The first-order valence-corrected chi connectivity index (χ1v) is 9.54. The second kappa shape index (κ2) is 10.2. The number of hydrogen-bond acceptors (Lipinski definition) is 1. The van der Waals surface area contributed by atoms with Crippen LogP contribution in [0.15, 0.2) is 0 Å². The van der Waals surface area contributed by atoms with Gasteiger partial charge in [-0.15, -0.1) is 0 Å². The lowest BCUT2D eigenvalue weighted by atomic mass is 9.85. The summed E-state index contributed by atoms with van der Waals surface area (Å²) in [6.45, 7) is 8.89. The second-order valence-electron chi connectivity index (χ2n) is 7.02. The molecule has 0 spiro atoms. The van der Waals surface area contributed by atoms with Crippen LogP contribution in [0.2, 0.25) is 0 Å². The molecule has 0 N–H and O–H groups in total. The highest BCUT2D eigenvalue weighted by Crippen LogP contribution is 2.29. The molecule has 0 bridgehead atoms. The summed E-state index contributed by atoms with van der Waals surface area (Å²) >= 11 is 3.50. The highest BCUT2D eigenvalue weighted by Gasteiger charge is 2.22. The van der Waals surface area contributed by atoms with E-state index >= 15 is 0 Å². The first-order valence-electron chi connectivity index (χ1n) is 8.42. The summed E-state index contributed by atoms with van der Waals surface area (Å²) < 4.78 is 0. The lowest BCUT2D eigenvalue weighted by Crippen LogP contribution is -2.26. The van der Waals surface area contributed by atoms with Gasteiger partial charge in [0.15, 0.2) is 0 Å². The predicted molar refractivity (Wildman–Crippen MR) is 90.2 cm³/mol. The number of nitrogens with zero attached hydrogens (tertiary/aromatic N) is 1. The molecule has 1 fully saturated rings. The van der Waals surface area contributed by atoms with Crippen LogP contribution in [0.1, 0.15) is 78.1 Å². The van der Waals surface area contributed by atoms with Gasteiger partial charge in [-0.25, -0.2) is 0 Å². The summed E-state index contributed by atoms with van der Waals surface area (Å²) in [6.07, 6.45) is 14.1. The minimum absolute atomic E-state index is 0.587. The molecule has 1 nitrogen and oxygen atoms in total. The van der Waals surface area contributed by atoms with Gasteiger partial charge in [0.05, 0.1) is 0 Å². The summed E-state index contributed by atoms with van der Waals surface area (Å²) in [5.74, 6) is 0. The summed E-state index contributed by atoms with van der Waals surface area (Å²) in [5, 5.41) is 1.18. The maximum absolute atomic E-state index is 3.50. The summed E-state index contributed by atoms with van der Waals surface area (Å²) in [6, 6.07) is 0. The number of alkyl halides is 1. The topological polar surface area (TPSA) is 3.24 Å². The van der Waals surface area contributed by atoms with E-state index in [1.165, 1.54) is 89.2 Å². The molecule has 0 unspecified atom stereocenters. The Morgan fingerprint density at radius 2 is 1.47 bits per heavy atom. The second-order valence-corrected chi connectivity index (χ2v) is 7.82. The molecule has 0 aliphatic carbocycles. The Hall–Kier alpha value is 0.440. The third-order valence-electron chi connectivity index (χ3n) is 4.54. The van der Waals surface area contributed by atoms with Crippen molar-refractivity contribution in [1.29, 1.82) is 0 Å². The Morgan fingerprint density at radius 1 is 0.842 bits per heavy atom. The van der Waals surface area contributed by atoms with Crippen molar-refractivity contribution in [3.63, 3.8) is 0 Å². The molecule has 0 atom stereocenters. The van der Waals surface area contributed by atoms with E-state index in [1.807, 2.05) is 0 Å². The molecule has 2 heteroatoms. The maximum atomic E-state index is 3.50. The molecule has 1 heterocycles. The van der Waals surface area contributed by atoms with E-state index in [-0.39, 0.29) is 0 Å². The number of rotatable bonds is 9. The Morgan fingerprint density at radius 3 is 2.16 bits per heavy atom. The average Bonchev–Trinajstić information content (AvgIpc) is 2.54. The summed E-state index contributed by atoms with van der Waals surface area (Å²) in [7, 11) is 0. The molecular formula is C17H34BrN. The van der Waals surface area contributed by atoms with Crippen LogP contribution in [0.4, 0.5) is 0 Å². The molecule has 1 saturated heterocycles. The van der Waals surface area contributed by atoms with Crippen LogP contribution < -0.4 is 0 Å². The van der Waals surface area contributed by atoms with Gasteiger partial charge in [0.2, 0.25) is 0 Å². The van der Waals surface area contributed by atoms with Gasteiger partial charge in [0.25, 0.3) is 0 Å².